The number of H-pyrrole nitrogens is 1. The first-order chi connectivity index (χ1) is 14.4. The number of methoxy groups -OCH3 is 3. The molecule has 1 heterocycles. The Morgan fingerprint density at radius 1 is 1.03 bits per heavy atom. The van der Waals surface area contributed by atoms with Gasteiger partial charge in [-0.15, -0.1) is 0 Å². The van der Waals surface area contributed by atoms with Gasteiger partial charge < -0.3 is 19.5 Å². The summed E-state index contributed by atoms with van der Waals surface area (Å²) in [6, 6.07) is 9.50. The summed E-state index contributed by atoms with van der Waals surface area (Å²) >= 11 is 0. The number of fused-ring (bicyclic) bond motifs is 1. The highest BCUT2D eigenvalue weighted by Crippen LogP contribution is 2.39. The van der Waals surface area contributed by atoms with E-state index in [2.05, 4.69) is 10.4 Å². The molecule has 30 heavy (non-hydrogen) atoms. The van der Waals surface area contributed by atoms with E-state index in [1.807, 2.05) is 0 Å². The lowest BCUT2D eigenvalue weighted by Gasteiger charge is -2.19. The Morgan fingerprint density at radius 2 is 1.63 bits per heavy atom. The van der Waals surface area contributed by atoms with Crippen LogP contribution in [0.4, 0.5) is 0 Å². The van der Waals surface area contributed by atoms with E-state index >= 15 is 0 Å². The second-order valence-electron chi connectivity index (χ2n) is 6.63. The van der Waals surface area contributed by atoms with Gasteiger partial charge in [-0.3, -0.25) is 19.5 Å². The van der Waals surface area contributed by atoms with Crippen LogP contribution in [0.15, 0.2) is 46.0 Å². The average Bonchev–Trinajstić information content (AvgIpc) is 2.76. The fraction of sp³-hybridized carbons (Fsp3) is 0.286. The number of amides is 1. The number of rotatable bonds is 7. The topological polar surface area (TPSA) is 112 Å². The molecule has 2 aromatic carbocycles. The van der Waals surface area contributed by atoms with Crippen molar-refractivity contribution in [3.05, 3.63) is 62.7 Å². The molecule has 3 rings (SSSR count). The lowest BCUT2D eigenvalue weighted by atomic mass is 10.1. The SMILES string of the molecule is COc1cc(C(C)NC(=O)Cn2[nH]c(=O)c3ccccc3c2=O)cc(OC)c1OC. The lowest BCUT2D eigenvalue weighted by molar-refractivity contribution is -0.122. The second-order valence-corrected chi connectivity index (χ2v) is 6.63. The zero-order chi connectivity index (χ0) is 21.8. The average molecular weight is 413 g/mol. The maximum absolute atomic E-state index is 12.6. The summed E-state index contributed by atoms with van der Waals surface area (Å²) in [5, 5.41) is 5.79. The van der Waals surface area contributed by atoms with Crippen LogP contribution >= 0.6 is 0 Å². The first kappa shape index (κ1) is 21.0. The van der Waals surface area contributed by atoms with Crippen molar-refractivity contribution in [2.75, 3.05) is 21.3 Å². The Morgan fingerprint density at radius 3 is 2.20 bits per heavy atom. The molecule has 0 saturated heterocycles. The number of aromatic nitrogens is 2. The van der Waals surface area contributed by atoms with Gasteiger partial charge in [-0.25, -0.2) is 4.68 Å². The van der Waals surface area contributed by atoms with Crippen LogP contribution in [-0.4, -0.2) is 37.0 Å². The zero-order valence-corrected chi connectivity index (χ0v) is 17.1. The van der Waals surface area contributed by atoms with E-state index in [-0.39, 0.29) is 17.3 Å². The molecule has 0 fully saturated rings. The van der Waals surface area contributed by atoms with E-state index in [9.17, 15) is 14.4 Å². The predicted octanol–water partition coefficient (Wildman–Crippen LogP) is 1.59. The van der Waals surface area contributed by atoms with E-state index in [1.54, 1.807) is 43.3 Å². The Hall–Kier alpha value is -3.75. The van der Waals surface area contributed by atoms with Gasteiger partial charge in [0.1, 0.15) is 6.54 Å². The van der Waals surface area contributed by atoms with Crippen LogP contribution < -0.4 is 30.6 Å². The number of nitrogens with one attached hydrogen (secondary N) is 2. The Kier molecular flexibility index (Phi) is 6.10. The summed E-state index contributed by atoms with van der Waals surface area (Å²) in [4.78, 5) is 37.3. The number of benzene rings is 2. The number of hydrogen-bond acceptors (Lipinski definition) is 6. The molecular weight excluding hydrogens is 390 g/mol. The molecule has 2 N–H and O–H groups in total. The van der Waals surface area contributed by atoms with Gasteiger partial charge in [-0.2, -0.15) is 0 Å². The van der Waals surface area contributed by atoms with Gasteiger partial charge in [0.25, 0.3) is 11.1 Å². The monoisotopic (exact) mass is 413 g/mol. The zero-order valence-electron chi connectivity index (χ0n) is 17.1. The molecule has 0 aliphatic carbocycles. The fourth-order valence-corrected chi connectivity index (χ4v) is 3.22. The van der Waals surface area contributed by atoms with Crippen molar-refractivity contribution in [2.45, 2.75) is 19.5 Å². The van der Waals surface area contributed by atoms with Gasteiger partial charge in [-0.05, 0) is 36.8 Å². The first-order valence-corrected chi connectivity index (χ1v) is 9.20. The summed E-state index contributed by atoms with van der Waals surface area (Å²) in [5.74, 6) is 0.929. The van der Waals surface area contributed by atoms with Crippen LogP contribution in [0.2, 0.25) is 0 Å². The minimum Gasteiger partial charge on any atom is -0.493 e. The molecule has 9 heteroatoms. The number of hydrogen-bond donors (Lipinski definition) is 2. The minimum absolute atomic E-state index is 0.256. The van der Waals surface area contributed by atoms with Crippen LogP contribution in [0.5, 0.6) is 17.2 Å². The van der Waals surface area contributed by atoms with Crippen molar-refractivity contribution in [3.63, 3.8) is 0 Å². The molecule has 3 aromatic rings. The molecule has 158 valence electrons. The third kappa shape index (κ3) is 4.00. The van der Waals surface area contributed by atoms with Crippen molar-refractivity contribution in [1.29, 1.82) is 0 Å². The van der Waals surface area contributed by atoms with Gasteiger partial charge in [0, 0.05) is 0 Å². The molecule has 1 unspecified atom stereocenters. The standard InChI is InChI=1S/C21H23N3O6/c1-12(13-9-16(28-2)19(30-4)17(10-13)29-3)22-18(25)11-24-21(27)15-8-6-5-7-14(15)20(26)23-24/h5-10,12H,11H2,1-4H3,(H,22,25)(H,23,26). The molecule has 0 aliphatic heterocycles. The number of aromatic amines is 1. The van der Waals surface area contributed by atoms with Gasteiger partial charge in [-0.1, -0.05) is 12.1 Å². The van der Waals surface area contributed by atoms with Crippen LogP contribution in [0.1, 0.15) is 18.5 Å². The fourth-order valence-electron chi connectivity index (χ4n) is 3.22. The number of carbonyl (C=O) groups is 1. The van der Waals surface area contributed by atoms with E-state index in [1.165, 1.54) is 21.3 Å². The summed E-state index contributed by atoms with van der Waals surface area (Å²) in [6.07, 6.45) is 0. The highest BCUT2D eigenvalue weighted by atomic mass is 16.5. The van der Waals surface area contributed by atoms with Crippen LogP contribution in [0.25, 0.3) is 10.8 Å². The number of nitrogens with zero attached hydrogens (tertiary/aromatic N) is 1. The minimum atomic E-state index is -0.444. The van der Waals surface area contributed by atoms with Crippen molar-refractivity contribution in [2.24, 2.45) is 0 Å². The van der Waals surface area contributed by atoms with Gasteiger partial charge in [0.15, 0.2) is 11.5 Å². The van der Waals surface area contributed by atoms with Gasteiger partial charge >= 0.3 is 0 Å². The van der Waals surface area contributed by atoms with Gasteiger partial charge in [0.05, 0.1) is 38.1 Å². The Balaban J connectivity index is 1.84. The van der Waals surface area contributed by atoms with Gasteiger partial charge in [0.2, 0.25) is 11.7 Å². The first-order valence-electron chi connectivity index (χ1n) is 9.20. The van der Waals surface area contributed by atoms with Crippen molar-refractivity contribution >= 4 is 16.7 Å². The Bertz CT molecular complexity index is 1170. The molecule has 1 amide bonds. The Labute approximate surface area is 172 Å². The normalized spacial score (nSPS) is 11.7. The molecule has 1 aromatic heterocycles. The highest BCUT2D eigenvalue weighted by Gasteiger charge is 2.18. The van der Waals surface area contributed by atoms with Crippen molar-refractivity contribution in [3.8, 4) is 17.2 Å². The molecule has 0 saturated carbocycles. The molecule has 0 bridgehead atoms. The molecular formula is C21H23N3O6. The molecule has 1 atom stereocenters. The highest BCUT2D eigenvalue weighted by molar-refractivity contribution is 5.81. The summed E-state index contributed by atoms with van der Waals surface area (Å²) in [7, 11) is 4.52. The van der Waals surface area contributed by atoms with Crippen molar-refractivity contribution < 1.29 is 19.0 Å². The smallest absolute Gasteiger partial charge is 0.273 e. The van der Waals surface area contributed by atoms with Crippen LogP contribution in [0.3, 0.4) is 0 Å². The lowest BCUT2D eigenvalue weighted by Crippen LogP contribution is -2.37. The van der Waals surface area contributed by atoms with E-state index in [4.69, 9.17) is 14.2 Å². The summed E-state index contributed by atoms with van der Waals surface area (Å²) in [5.41, 5.74) is -0.159. The van der Waals surface area contributed by atoms with E-state index in [0.29, 0.717) is 17.2 Å². The van der Waals surface area contributed by atoms with Crippen LogP contribution in [-0.2, 0) is 11.3 Å². The van der Waals surface area contributed by atoms with Crippen LogP contribution in [0, 0.1) is 0 Å². The maximum atomic E-state index is 12.6. The number of carbonyl (C=O) groups excluding carboxylic acids is 1. The molecule has 0 aliphatic rings. The van der Waals surface area contributed by atoms with E-state index < -0.39 is 23.1 Å². The second kappa shape index (κ2) is 8.73. The maximum Gasteiger partial charge on any atom is 0.273 e. The molecule has 0 radical (unpaired) electrons. The largest absolute Gasteiger partial charge is 0.493 e. The van der Waals surface area contributed by atoms with E-state index in [0.717, 1.165) is 10.2 Å². The predicted molar refractivity (Wildman–Crippen MR) is 111 cm³/mol. The summed E-state index contributed by atoms with van der Waals surface area (Å²) < 4.78 is 17.0. The summed E-state index contributed by atoms with van der Waals surface area (Å²) in [6.45, 7) is 1.46. The number of ether oxygens (including phenoxy) is 3. The third-order valence-electron chi connectivity index (χ3n) is 4.75. The van der Waals surface area contributed by atoms with Crippen molar-refractivity contribution in [1.82, 2.24) is 15.1 Å². The third-order valence-corrected chi connectivity index (χ3v) is 4.75. The molecule has 0 spiro atoms. The molecule has 9 nitrogen and oxygen atoms in total. The quantitative estimate of drug-likeness (QED) is 0.609.